The third-order valence-electron chi connectivity index (χ3n) is 4.67. The van der Waals surface area contributed by atoms with Crippen LogP contribution in [0, 0.1) is 12.8 Å². The third-order valence-corrected chi connectivity index (χ3v) is 4.67. The summed E-state index contributed by atoms with van der Waals surface area (Å²) in [5, 5.41) is 2.10. The van der Waals surface area contributed by atoms with E-state index in [9.17, 15) is 4.53 Å². The molecule has 23 heavy (non-hydrogen) atoms. The number of benzene rings is 3. The lowest BCUT2D eigenvalue weighted by atomic mass is 9.74. The van der Waals surface area contributed by atoms with Crippen LogP contribution in [0.5, 0.6) is 0 Å². The molecule has 0 spiro atoms. The monoisotopic (exact) mass is 308 g/mol. The highest BCUT2D eigenvalue weighted by Crippen LogP contribution is 2.44. The molecule has 0 N–H and O–H groups in total. The highest BCUT2D eigenvalue weighted by atomic mass is 19.3. The largest absolute Gasteiger partial charge is 0.177 e. The van der Waals surface area contributed by atoms with E-state index in [1.54, 1.807) is 0 Å². The van der Waals surface area contributed by atoms with Gasteiger partial charge in [-0.15, -0.1) is 0 Å². The van der Waals surface area contributed by atoms with Crippen LogP contribution < -0.4 is 0 Å². The van der Waals surface area contributed by atoms with Crippen molar-refractivity contribution >= 4 is 10.8 Å². The minimum absolute atomic E-state index is 0.0700. The van der Waals surface area contributed by atoms with Crippen molar-refractivity contribution < 1.29 is 9.47 Å². The number of fused-ring (bicyclic) bond motifs is 1. The Bertz CT molecular complexity index is 819. The Labute approximate surface area is 136 Å². The van der Waals surface area contributed by atoms with Crippen LogP contribution in [0.2, 0.25) is 0 Å². The van der Waals surface area contributed by atoms with E-state index in [2.05, 4.69) is 0 Å². The molecule has 0 heterocycles. The Kier molecular flexibility index (Phi) is 4.18. The second-order valence-electron chi connectivity index (χ2n) is 6.31. The van der Waals surface area contributed by atoms with E-state index < -0.39 is 5.60 Å². The smallest absolute Gasteiger partial charge is 0.162 e. The fourth-order valence-corrected chi connectivity index (χ4v) is 3.48. The van der Waals surface area contributed by atoms with Crippen molar-refractivity contribution in [2.24, 2.45) is 5.92 Å². The molecule has 0 radical (unpaired) electrons. The van der Waals surface area contributed by atoms with E-state index in [4.69, 9.17) is 4.94 Å². The first-order valence-corrected chi connectivity index (χ1v) is 7.95. The molecule has 118 valence electrons. The van der Waals surface area contributed by atoms with Crippen LogP contribution in [0.15, 0.2) is 66.7 Å². The molecule has 0 amide bonds. The number of hydrogen-bond donors (Lipinski definition) is 0. The number of hydrogen-bond acceptors (Lipinski definition) is 1. The zero-order valence-corrected chi connectivity index (χ0v) is 13.7. The van der Waals surface area contributed by atoms with Crippen molar-refractivity contribution in [3.63, 3.8) is 0 Å². The maximum absolute atomic E-state index is 14.1. The lowest BCUT2D eigenvalue weighted by Crippen LogP contribution is -2.35. The maximum Gasteiger partial charge on any atom is 0.162 e. The normalized spacial score (nSPS) is 14.1. The first-order valence-electron chi connectivity index (χ1n) is 7.95. The molecule has 3 rings (SSSR count). The molecule has 1 atom stereocenters. The number of halogens is 1. The SMILES string of the molecule is Cc1ccccc1C(OF)(c1cccc2ccccc12)C(C)C. The first kappa shape index (κ1) is 15.7. The van der Waals surface area contributed by atoms with E-state index in [0.29, 0.717) is 0 Å². The van der Waals surface area contributed by atoms with Gasteiger partial charge in [-0.2, -0.15) is 4.94 Å². The Morgan fingerprint density at radius 3 is 2.13 bits per heavy atom. The molecule has 3 aromatic carbocycles. The quantitative estimate of drug-likeness (QED) is 0.579. The van der Waals surface area contributed by atoms with E-state index in [-0.39, 0.29) is 5.92 Å². The summed E-state index contributed by atoms with van der Waals surface area (Å²) in [5.41, 5.74) is 1.63. The van der Waals surface area contributed by atoms with Gasteiger partial charge in [0.15, 0.2) is 5.60 Å². The molecule has 0 saturated carbocycles. The average molecular weight is 308 g/mol. The van der Waals surface area contributed by atoms with Crippen molar-refractivity contribution in [2.45, 2.75) is 26.4 Å². The van der Waals surface area contributed by atoms with Gasteiger partial charge in [0.2, 0.25) is 0 Å². The summed E-state index contributed by atoms with van der Waals surface area (Å²) in [7, 11) is 0. The van der Waals surface area contributed by atoms with Crippen LogP contribution in [0.25, 0.3) is 10.8 Å². The van der Waals surface area contributed by atoms with E-state index in [1.807, 2.05) is 87.5 Å². The van der Waals surface area contributed by atoms with Gasteiger partial charge in [0, 0.05) is 0 Å². The van der Waals surface area contributed by atoms with E-state index in [1.165, 1.54) is 0 Å². The number of aryl methyl sites for hydroxylation is 1. The van der Waals surface area contributed by atoms with Gasteiger partial charge in [0.05, 0.1) is 0 Å². The summed E-state index contributed by atoms with van der Waals surface area (Å²) in [6.45, 7) is 5.98. The van der Waals surface area contributed by atoms with Crippen molar-refractivity contribution in [3.8, 4) is 0 Å². The van der Waals surface area contributed by atoms with Crippen molar-refractivity contribution in [1.82, 2.24) is 0 Å². The minimum Gasteiger partial charge on any atom is -0.177 e. The predicted octanol–water partition coefficient (Wildman–Crippen LogP) is 5.95. The van der Waals surface area contributed by atoms with Gasteiger partial charge >= 0.3 is 0 Å². The van der Waals surface area contributed by atoms with Gasteiger partial charge in [-0.1, -0.05) is 80.6 Å². The summed E-state index contributed by atoms with van der Waals surface area (Å²) in [5.74, 6) is -0.0700. The lowest BCUT2D eigenvalue weighted by Gasteiger charge is -2.36. The van der Waals surface area contributed by atoms with Gasteiger partial charge in [-0.3, -0.25) is 0 Å². The Morgan fingerprint density at radius 1 is 0.826 bits per heavy atom. The fraction of sp³-hybridized carbons (Fsp3) is 0.238. The molecule has 3 aromatic rings. The molecular weight excluding hydrogens is 287 g/mol. The highest BCUT2D eigenvalue weighted by molar-refractivity contribution is 5.87. The van der Waals surface area contributed by atoms with Gasteiger partial charge in [-0.25, -0.2) is 0 Å². The molecule has 0 aliphatic rings. The predicted molar refractivity (Wildman–Crippen MR) is 92.9 cm³/mol. The fourth-order valence-electron chi connectivity index (χ4n) is 3.48. The second-order valence-corrected chi connectivity index (χ2v) is 6.31. The second kappa shape index (κ2) is 6.13. The van der Waals surface area contributed by atoms with Crippen LogP contribution in [-0.2, 0) is 10.5 Å². The minimum atomic E-state index is -1.12. The lowest BCUT2D eigenvalue weighted by molar-refractivity contribution is -0.240. The Hall–Kier alpha value is -2.19. The molecule has 2 heteroatoms. The number of rotatable bonds is 4. The molecule has 1 nitrogen and oxygen atoms in total. The Balaban J connectivity index is 2.39. The molecule has 0 aliphatic heterocycles. The van der Waals surface area contributed by atoms with E-state index >= 15 is 0 Å². The molecule has 0 aliphatic carbocycles. The van der Waals surface area contributed by atoms with Crippen LogP contribution >= 0.6 is 0 Å². The first-order chi connectivity index (χ1) is 11.1. The summed E-state index contributed by atoms with van der Waals surface area (Å²) in [4.78, 5) is 4.76. The molecule has 0 saturated heterocycles. The van der Waals surface area contributed by atoms with Gasteiger partial charge in [-0.05, 0) is 44.8 Å². The summed E-state index contributed by atoms with van der Waals surface area (Å²) in [6.07, 6.45) is 0. The van der Waals surface area contributed by atoms with Crippen molar-refractivity contribution in [1.29, 1.82) is 0 Å². The van der Waals surface area contributed by atoms with Crippen molar-refractivity contribution in [3.05, 3.63) is 83.4 Å². The van der Waals surface area contributed by atoms with Gasteiger partial charge < -0.3 is 0 Å². The zero-order valence-electron chi connectivity index (χ0n) is 13.7. The standard InChI is InChI=1S/C21H21FO/c1-15(2)21(23-22,19-13-7-4-9-16(19)3)20-14-8-11-17-10-5-6-12-18(17)20/h4-15H,1-3H3. The maximum atomic E-state index is 14.1. The molecule has 0 aromatic heterocycles. The average Bonchev–Trinajstić information content (AvgIpc) is 2.57. The van der Waals surface area contributed by atoms with Gasteiger partial charge in [0.25, 0.3) is 0 Å². The van der Waals surface area contributed by atoms with Crippen LogP contribution in [-0.4, -0.2) is 0 Å². The summed E-state index contributed by atoms with van der Waals surface area (Å²) < 4.78 is 14.1. The topological polar surface area (TPSA) is 9.23 Å². The zero-order chi connectivity index (χ0) is 16.4. The molecular formula is C21H21FO. The Morgan fingerprint density at radius 2 is 1.43 bits per heavy atom. The molecule has 0 bridgehead atoms. The van der Waals surface area contributed by atoms with E-state index in [0.717, 1.165) is 27.5 Å². The summed E-state index contributed by atoms with van der Waals surface area (Å²) in [6, 6.07) is 21.9. The van der Waals surface area contributed by atoms with Crippen LogP contribution in [0.4, 0.5) is 4.53 Å². The molecule has 0 fully saturated rings. The van der Waals surface area contributed by atoms with Crippen molar-refractivity contribution in [2.75, 3.05) is 0 Å². The highest BCUT2D eigenvalue weighted by Gasteiger charge is 2.42. The van der Waals surface area contributed by atoms with Gasteiger partial charge in [0.1, 0.15) is 0 Å². The summed E-state index contributed by atoms with van der Waals surface area (Å²) >= 11 is 0. The van der Waals surface area contributed by atoms with Crippen LogP contribution in [0.3, 0.4) is 0 Å². The third kappa shape index (κ3) is 2.43. The molecule has 1 unspecified atom stereocenters. The van der Waals surface area contributed by atoms with Crippen LogP contribution in [0.1, 0.15) is 30.5 Å².